The molecule has 2 unspecified atom stereocenters. The molecule has 6 nitrogen and oxygen atoms in total. The molecule has 0 aromatic carbocycles. The molecule has 0 radical (unpaired) electrons. The monoisotopic (exact) mass is 944 g/mol. The summed E-state index contributed by atoms with van der Waals surface area (Å²) in [6.07, 6.45) is 69.2. The van der Waals surface area contributed by atoms with E-state index >= 15 is 0 Å². The predicted molar refractivity (Wildman–Crippen MR) is 292 cm³/mol. The lowest BCUT2D eigenvalue weighted by Crippen LogP contribution is -2.45. The molecule has 0 aliphatic rings. The molecule has 0 fully saturated rings. The normalized spacial score (nSPS) is 12.7. The van der Waals surface area contributed by atoms with Crippen LogP contribution in [-0.2, 0) is 14.3 Å². The van der Waals surface area contributed by atoms with E-state index in [-0.39, 0.29) is 18.5 Å². The van der Waals surface area contributed by atoms with E-state index in [0.29, 0.717) is 19.4 Å². The number of aliphatic hydroxyl groups excluding tert-OH is 2. The molecule has 0 spiro atoms. The quantitative estimate of drug-likeness (QED) is 0.0321. The highest BCUT2D eigenvalue weighted by molar-refractivity contribution is 5.76. The first kappa shape index (κ1) is 65.3. The van der Waals surface area contributed by atoms with Crippen molar-refractivity contribution in [1.82, 2.24) is 5.32 Å². The molecule has 1 amide bonds. The summed E-state index contributed by atoms with van der Waals surface area (Å²) in [6, 6.07) is -0.628. The number of unbranched alkanes of at least 4 members (excludes halogenated alkanes) is 43. The topological polar surface area (TPSA) is 95.9 Å². The molecule has 6 heteroatoms. The molecule has 0 rings (SSSR count). The van der Waals surface area contributed by atoms with Crippen LogP contribution in [0.4, 0.5) is 0 Å². The van der Waals surface area contributed by atoms with Crippen LogP contribution in [-0.4, -0.2) is 47.4 Å². The minimum Gasteiger partial charge on any atom is -0.466 e. The van der Waals surface area contributed by atoms with Crippen LogP contribution in [0.1, 0.15) is 328 Å². The first-order valence-electron chi connectivity index (χ1n) is 30.1. The Kier molecular flexibility index (Phi) is 55.5. The number of carbonyl (C=O) groups is 2. The summed E-state index contributed by atoms with van der Waals surface area (Å²) in [7, 11) is 0. The van der Waals surface area contributed by atoms with Gasteiger partial charge in [0.05, 0.1) is 25.4 Å². The van der Waals surface area contributed by atoms with Crippen LogP contribution in [0.3, 0.4) is 0 Å². The number of esters is 1. The van der Waals surface area contributed by atoms with Gasteiger partial charge in [0.1, 0.15) is 0 Å². The highest BCUT2D eigenvalue weighted by Gasteiger charge is 2.18. The third kappa shape index (κ3) is 53.5. The molecule has 0 bridgehead atoms. The van der Waals surface area contributed by atoms with Crippen LogP contribution < -0.4 is 5.32 Å². The summed E-state index contributed by atoms with van der Waals surface area (Å²) in [4.78, 5) is 24.5. The molecule has 67 heavy (non-hydrogen) atoms. The van der Waals surface area contributed by atoms with Crippen LogP contribution in [0.15, 0.2) is 24.3 Å². The maximum Gasteiger partial charge on any atom is 0.305 e. The lowest BCUT2D eigenvalue weighted by molar-refractivity contribution is -0.143. The third-order valence-corrected chi connectivity index (χ3v) is 14.0. The van der Waals surface area contributed by atoms with Gasteiger partial charge in [-0.1, -0.05) is 282 Å². The fraction of sp³-hybridized carbons (Fsp3) is 0.902. The van der Waals surface area contributed by atoms with E-state index in [1.165, 1.54) is 257 Å². The number of nitrogens with one attached hydrogen (secondary N) is 1. The molecule has 0 aromatic rings. The number of amides is 1. The van der Waals surface area contributed by atoms with Gasteiger partial charge in [-0.05, 0) is 57.8 Å². The maximum atomic E-state index is 12.5. The number of ether oxygens (including phenoxy) is 1. The van der Waals surface area contributed by atoms with Crippen molar-refractivity contribution in [3.05, 3.63) is 24.3 Å². The number of aliphatic hydroxyl groups is 2. The lowest BCUT2D eigenvalue weighted by atomic mass is 10.0. The molecule has 0 aliphatic heterocycles. The first-order chi connectivity index (χ1) is 33.0. The van der Waals surface area contributed by atoms with Crippen molar-refractivity contribution < 1.29 is 24.5 Å². The van der Waals surface area contributed by atoms with Crippen molar-refractivity contribution in [2.45, 2.75) is 341 Å². The molecule has 3 N–H and O–H groups in total. The molecule has 0 saturated heterocycles. The molecular weight excluding hydrogens is 827 g/mol. The Labute approximate surface area is 418 Å². The Morgan fingerprint density at radius 3 is 1.06 bits per heavy atom. The van der Waals surface area contributed by atoms with Crippen molar-refractivity contribution in [2.75, 3.05) is 13.2 Å². The zero-order valence-corrected chi connectivity index (χ0v) is 45.1. The average Bonchev–Trinajstić information content (AvgIpc) is 3.33. The van der Waals surface area contributed by atoms with Crippen molar-refractivity contribution in [3.8, 4) is 0 Å². The van der Waals surface area contributed by atoms with Gasteiger partial charge in [-0.2, -0.15) is 0 Å². The molecular formula is C61H117NO5. The van der Waals surface area contributed by atoms with Gasteiger partial charge in [0, 0.05) is 12.8 Å². The highest BCUT2D eigenvalue weighted by atomic mass is 16.5. The van der Waals surface area contributed by atoms with E-state index in [4.69, 9.17) is 4.74 Å². The van der Waals surface area contributed by atoms with Gasteiger partial charge < -0.3 is 20.3 Å². The van der Waals surface area contributed by atoms with Gasteiger partial charge in [-0.3, -0.25) is 9.59 Å². The summed E-state index contributed by atoms with van der Waals surface area (Å²) in [6.45, 7) is 4.90. The predicted octanol–water partition coefficient (Wildman–Crippen LogP) is 18.6. The molecule has 396 valence electrons. The molecule has 0 aromatic heterocycles. The van der Waals surface area contributed by atoms with Crippen LogP contribution in [0.2, 0.25) is 0 Å². The van der Waals surface area contributed by atoms with Crippen LogP contribution >= 0.6 is 0 Å². The van der Waals surface area contributed by atoms with E-state index in [1.807, 2.05) is 6.08 Å². The van der Waals surface area contributed by atoms with Crippen molar-refractivity contribution in [2.24, 2.45) is 0 Å². The second-order valence-electron chi connectivity index (χ2n) is 20.7. The average molecular weight is 945 g/mol. The Morgan fingerprint density at radius 1 is 0.403 bits per heavy atom. The Hall–Kier alpha value is -1.66. The van der Waals surface area contributed by atoms with Crippen LogP contribution in [0.25, 0.3) is 0 Å². The van der Waals surface area contributed by atoms with Crippen LogP contribution in [0.5, 0.6) is 0 Å². The fourth-order valence-corrected chi connectivity index (χ4v) is 9.34. The summed E-state index contributed by atoms with van der Waals surface area (Å²) < 4.78 is 5.48. The molecule has 0 aliphatic carbocycles. The van der Waals surface area contributed by atoms with Gasteiger partial charge in [0.15, 0.2) is 0 Å². The van der Waals surface area contributed by atoms with Crippen molar-refractivity contribution >= 4 is 11.9 Å². The minimum atomic E-state index is -0.844. The van der Waals surface area contributed by atoms with Gasteiger partial charge in [-0.25, -0.2) is 0 Å². The van der Waals surface area contributed by atoms with Crippen molar-refractivity contribution in [1.29, 1.82) is 0 Å². The van der Waals surface area contributed by atoms with Gasteiger partial charge in [0.2, 0.25) is 5.91 Å². The SMILES string of the molecule is CCCCCCC/C=C\CCCCCCCC(=O)OCCCCCCCCCCCCCCCCCCCCCCCC(=O)NC(CO)C(O)/C=C/CCCCCCCCCCCCCCC. The summed E-state index contributed by atoms with van der Waals surface area (Å²) >= 11 is 0. The smallest absolute Gasteiger partial charge is 0.305 e. The largest absolute Gasteiger partial charge is 0.466 e. The molecule has 0 heterocycles. The van der Waals surface area contributed by atoms with E-state index in [0.717, 1.165) is 44.9 Å². The zero-order chi connectivity index (χ0) is 48.6. The summed E-state index contributed by atoms with van der Waals surface area (Å²) in [5, 5.41) is 23.1. The molecule has 0 saturated carbocycles. The number of rotatable bonds is 56. The number of allylic oxidation sites excluding steroid dienone is 3. The Bertz CT molecular complexity index is 1040. The van der Waals surface area contributed by atoms with Gasteiger partial charge in [0.25, 0.3) is 0 Å². The maximum absolute atomic E-state index is 12.5. The number of hydrogen-bond donors (Lipinski definition) is 3. The zero-order valence-electron chi connectivity index (χ0n) is 45.1. The fourth-order valence-electron chi connectivity index (χ4n) is 9.34. The summed E-state index contributed by atoms with van der Waals surface area (Å²) in [5.74, 6) is -0.0645. The van der Waals surface area contributed by atoms with Gasteiger partial charge in [-0.15, -0.1) is 0 Å². The van der Waals surface area contributed by atoms with E-state index in [1.54, 1.807) is 6.08 Å². The molecule has 2 atom stereocenters. The van der Waals surface area contributed by atoms with E-state index in [9.17, 15) is 19.8 Å². The van der Waals surface area contributed by atoms with E-state index < -0.39 is 12.1 Å². The van der Waals surface area contributed by atoms with E-state index in [2.05, 4.69) is 31.3 Å². The lowest BCUT2D eigenvalue weighted by Gasteiger charge is -2.20. The minimum absolute atomic E-state index is 0.00304. The highest BCUT2D eigenvalue weighted by Crippen LogP contribution is 2.17. The summed E-state index contributed by atoms with van der Waals surface area (Å²) in [5.41, 5.74) is 0. The Balaban J connectivity index is 3.41. The second-order valence-corrected chi connectivity index (χ2v) is 20.7. The number of hydrogen-bond acceptors (Lipinski definition) is 5. The number of carbonyl (C=O) groups excluding carboxylic acids is 2. The first-order valence-corrected chi connectivity index (χ1v) is 30.1. The standard InChI is InChI=1S/C61H117NO5/c1-3-5-7-9-11-13-15-17-26-29-33-37-41-45-49-53-59(64)58(57-63)62-60(65)54-50-46-42-38-34-30-27-24-22-20-19-21-23-25-28-32-36-40-44-48-52-56-67-61(66)55-51-47-43-39-35-31-18-16-14-12-10-8-6-4-2/h16,18,49,53,58-59,63-64H,3-15,17,19-48,50-52,54-57H2,1-2H3,(H,62,65)/b18-16-,53-49+. The van der Waals surface area contributed by atoms with Crippen LogP contribution in [0, 0.1) is 0 Å². The second kappa shape index (κ2) is 56.9. The van der Waals surface area contributed by atoms with Crippen molar-refractivity contribution in [3.63, 3.8) is 0 Å². The Morgan fingerprint density at radius 2 is 0.701 bits per heavy atom. The van der Waals surface area contributed by atoms with Gasteiger partial charge >= 0.3 is 5.97 Å². The third-order valence-electron chi connectivity index (χ3n) is 14.0.